The van der Waals surface area contributed by atoms with Crippen LogP contribution in [0.5, 0.6) is 0 Å². The van der Waals surface area contributed by atoms with Gasteiger partial charge in [-0.1, -0.05) is 70.5 Å². The van der Waals surface area contributed by atoms with Gasteiger partial charge in [0.05, 0.1) is 5.92 Å². The van der Waals surface area contributed by atoms with E-state index in [1.54, 1.807) is 0 Å². The lowest BCUT2D eigenvalue weighted by molar-refractivity contribution is 1.30. The lowest BCUT2D eigenvalue weighted by Crippen LogP contribution is -1.97. The first kappa shape index (κ1) is 9.86. The highest BCUT2D eigenvalue weighted by atomic mass is 79.9. The molecule has 0 saturated heterocycles. The highest BCUT2D eigenvalue weighted by molar-refractivity contribution is 9.10. The van der Waals surface area contributed by atoms with Crippen LogP contribution >= 0.6 is 15.9 Å². The van der Waals surface area contributed by atoms with E-state index in [0.717, 1.165) is 4.47 Å². The predicted octanol–water partition coefficient (Wildman–Crippen LogP) is 4.45. The third kappa shape index (κ3) is 1.52. The maximum absolute atomic E-state index is 3.60. The van der Waals surface area contributed by atoms with Crippen LogP contribution in [0.25, 0.3) is 6.08 Å². The Morgan fingerprint density at radius 3 is 2.19 bits per heavy atom. The zero-order chi connectivity index (χ0) is 11.0. The minimum Gasteiger partial charge on any atom is -0.0674 e. The van der Waals surface area contributed by atoms with Gasteiger partial charge in [0.25, 0.3) is 0 Å². The second-order valence-corrected chi connectivity index (χ2v) is 4.67. The summed E-state index contributed by atoms with van der Waals surface area (Å²) < 4.78 is 1.14. The van der Waals surface area contributed by atoms with Crippen molar-refractivity contribution in [3.8, 4) is 0 Å². The van der Waals surface area contributed by atoms with E-state index in [0.29, 0.717) is 0 Å². The van der Waals surface area contributed by atoms with E-state index in [9.17, 15) is 0 Å². The van der Waals surface area contributed by atoms with Crippen molar-refractivity contribution in [3.63, 3.8) is 0 Å². The molecule has 0 fully saturated rings. The molecule has 1 aliphatic carbocycles. The molecule has 1 aliphatic rings. The molecule has 1 heteroatoms. The molecule has 0 aliphatic heterocycles. The molecule has 2 aromatic carbocycles. The first-order valence-electron chi connectivity index (χ1n) is 5.25. The standard InChI is InChI=1S/C15H10Br/c16-15-8-4-3-7-14(15)13-10-9-11-5-1-2-6-12(11)13/h1-10H. The minimum atomic E-state index is 1.14. The van der Waals surface area contributed by atoms with Crippen LogP contribution in [0.15, 0.2) is 59.1 Å². The van der Waals surface area contributed by atoms with Crippen molar-refractivity contribution >= 4 is 22.0 Å². The number of allylic oxidation sites excluding steroid dienone is 1. The Morgan fingerprint density at radius 2 is 1.38 bits per heavy atom. The third-order valence-corrected chi connectivity index (χ3v) is 3.54. The van der Waals surface area contributed by atoms with Gasteiger partial charge in [0.1, 0.15) is 0 Å². The molecular formula is C15H10Br. The van der Waals surface area contributed by atoms with E-state index in [1.807, 2.05) is 6.07 Å². The monoisotopic (exact) mass is 269 g/mol. The summed E-state index contributed by atoms with van der Waals surface area (Å²) in [6.07, 6.45) is 4.36. The van der Waals surface area contributed by atoms with Gasteiger partial charge in [-0.25, -0.2) is 0 Å². The average molecular weight is 270 g/mol. The molecule has 0 aromatic heterocycles. The zero-order valence-corrected chi connectivity index (χ0v) is 10.2. The second kappa shape index (κ2) is 3.91. The summed E-state index contributed by atoms with van der Waals surface area (Å²) in [6, 6.07) is 16.8. The normalized spacial score (nSPS) is 14.1. The van der Waals surface area contributed by atoms with E-state index >= 15 is 0 Å². The molecular weight excluding hydrogens is 260 g/mol. The highest BCUT2D eigenvalue weighted by Gasteiger charge is 2.20. The molecule has 0 spiro atoms. The molecule has 0 nitrogen and oxygen atoms in total. The molecule has 0 atom stereocenters. The van der Waals surface area contributed by atoms with Gasteiger partial charge in [0, 0.05) is 4.47 Å². The van der Waals surface area contributed by atoms with Crippen LogP contribution in [0.3, 0.4) is 0 Å². The first-order chi connectivity index (χ1) is 7.86. The van der Waals surface area contributed by atoms with Crippen LogP contribution in [-0.2, 0) is 0 Å². The van der Waals surface area contributed by atoms with Crippen LogP contribution in [0.4, 0.5) is 0 Å². The third-order valence-electron chi connectivity index (χ3n) is 2.84. The van der Waals surface area contributed by atoms with Crippen molar-refractivity contribution in [2.75, 3.05) is 0 Å². The molecule has 2 aromatic rings. The topological polar surface area (TPSA) is 0 Å². The molecule has 0 amide bonds. The largest absolute Gasteiger partial charge is 0.0674 e. The first-order valence-corrected chi connectivity index (χ1v) is 6.05. The Bertz CT molecular complexity index is 555. The summed E-state index contributed by atoms with van der Waals surface area (Å²) in [5.74, 6) is 1.29. The minimum absolute atomic E-state index is 1.14. The van der Waals surface area contributed by atoms with Crippen LogP contribution in [0.1, 0.15) is 16.7 Å². The Balaban J connectivity index is 2.12. The lowest BCUT2D eigenvalue weighted by Gasteiger charge is -2.12. The summed E-state index contributed by atoms with van der Waals surface area (Å²) in [4.78, 5) is 0. The molecule has 0 bridgehead atoms. The molecule has 3 rings (SSSR count). The SMILES string of the molecule is Brc1ccccc1[C]1C=Cc2ccccc21. The number of rotatable bonds is 1. The van der Waals surface area contributed by atoms with Gasteiger partial charge in [0.2, 0.25) is 0 Å². The van der Waals surface area contributed by atoms with Crippen molar-refractivity contribution in [2.45, 2.75) is 0 Å². The number of halogens is 1. The molecule has 0 N–H and O–H groups in total. The number of benzene rings is 2. The van der Waals surface area contributed by atoms with Crippen LogP contribution in [0, 0.1) is 5.92 Å². The van der Waals surface area contributed by atoms with E-state index < -0.39 is 0 Å². The second-order valence-electron chi connectivity index (χ2n) is 3.81. The van der Waals surface area contributed by atoms with Crippen LogP contribution in [-0.4, -0.2) is 0 Å². The molecule has 0 unspecified atom stereocenters. The number of hydrogen-bond donors (Lipinski definition) is 0. The van der Waals surface area contributed by atoms with E-state index in [-0.39, 0.29) is 0 Å². The summed E-state index contributed by atoms with van der Waals surface area (Å²) in [5, 5.41) is 0. The Morgan fingerprint density at radius 1 is 0.688 bits per heavy atom. The van der Waals surface area contributed by atoms with E-state index in [1.165, 1.54) is 22.6 Å². The van der Waals surface area contributed by atoms with Gasteiger partial charge < -0.3 is 0 Å². The average Bonchev–Trinajstić information content (AvgIpc) is 2.74. The van der Waals surface area contributed by atoms with Gasteiger partial charge in [-0.15, -0.1) is 0 Å². The Labute approximate surface area is 104 Å². The molecule has 16 heavy (non-hydrogen) atoms. The van der Waals surface area contributed by atoms with Crippen molar-refractivity contribution in [1.29, 1.82) is 0 Å². The molecule has 0 heterocycles. The predicted molar refractivity (Wildman–Crippen MR) is 71.1 cm³/mol. The van der Waals surface area contributed by atoms with E-state index in [4.69, 9.17) is 0 Å². The van der Waals surface area contributed by atoms with Crippen molar-refractivity contribution < 1.29 is 0 Å². The maximum atomic E-state index is 3.60. The van der Waals surface area contributed by atoms with Gasteiger partial charge in [-0.3, -0.25) is 0 Å². The van der Waals surface area contributed by atoms with Gasteiger partial charge in [-0.05, 0) is 22.8 Å². The van der Waals surface area contributed by atoms with Crippen LogP contribution in [0.2, 0.25) is 0 Å². The van der Waals surface area contributed by atoms with E-state index in [2.05, 4.69) is 70.5 Å². The summed E-state index contributed by atoms with van der Waals surface area (Å²) >= 11 is 3.60. The van der Waals surface area contributed by atoms with Crippen molar-refractivity contribution in [1.82, 2.24) is 0 Å². The fraction of sp³-hybridized carbons (Fsp3) is 0. The summed E-state index contributed by atoms with van der Waals surface area (Å²) in [7, 11) is 0. The zero-order valence-electron chi connectivity index (χ0n) is 8.65. The van der Waals surface area contributed by atoms with Crippen molar-refractivity contribution in [2.24, 2.45) is 0 Å². The fourth-order valence-corrected chi connectivity index (χ4v) is 2.56. The maximum Gasteiger partial charge on any atom is 0.0575 e. The van der Waals surface area contributed by atoms with Gasteiger partial charge in [-0.2, -0.15) is 0 Å². The fourth-order valence-electron chi connectivity index (χ4n) is 2.07. The molecule has 0 saturated carbocycles. The summed E-state index contributed by atoms with van der Waals surface area (Å²) in [6.45, 7) is 0. The molecule has 1 radical (unpaired) electrons. The number of fused-ring (bicyclic) bond motifs is 1. The quantitative estimate of drug-likeness (QED) is 0.718. The van der Waals surface area contributed by atoms with Gasteiger partial charge >= 0.3 is 0 Å². The van der Waals surface area contributed by atoms with Crippen LogP contribution < -0.4 is 0 Å². The molecule has 77 valence electrons. The smallest absolute Gasteiger partial charge is 0.0575 e. The Hall–Kier alpha value is -1.34. The van der Waals surface area contributed by atoms with Crippen molar-refractivity contribution in [3.05, 3.63) is 81.7 Å². The highest BCUT2D eigenvalue weighted by Crippen LogP contribution is 2.37. The number of hydrogen-bond acceptors (Lipinski definition) is 0. The lowest BCUT2D eigenvalue weighted by atomic mass is 9.93. The van der Waals surface area contributed by atoms with Gasteiger partial charge in [0.15, 0.2) is 0 Å². The summed E-state index contributed by atoms with van der Waals surface area (Å²) in [5.41, 5.74) is 3.87. The Kier molecular flexibility index (Phi) is 2.41.